The van der Waals surface area contributed by atoms with Crippen LogP contribution in [0.5, 0.6) is 0 Å². The number of ketones is 1. The van der Waals surface area contributed by atoms with Gasteiger partial charge in [-0.1, -0.05) is 0 Å². The van der Waals surface area contributed by atoms with Gasteiger partial charge in [-0.15, -0.1) is 0 Å². The molecule has 0 aromatic heterocycles. The Hall–Kier alpha value is -1.78. The average Bonchev–Trinajstić information content (AvgIpc) is 2.32. The molecule has 18 heavy (non-hydrogen) atoms. The van der Waals surface area contributed by atoms with Crippen molar-refractivity contribution in [1.29, 1.82) is 0 Å². The third-order valence-electron chi connectivity index (χ3n) is 3.06. The van der Waals surface area contributed by atoms with Crippen molar-refractivity contribution in [1.82, 2.24) is 5.32 Å². The Kier molecular flexibility index (Phi) is 3.69. The quantitative estimate of drug-likeness (QED) is 0.838. The van der Waals surface area contributed by atoms with E-state index < -0.39 is 23.3 Å². The third kappa shape index (κ3) is 2.72. The molecule has 1 aliphatic rings. The standard InChI is InChI=1S/C13H13F2NO2/c14-9-3-4-10(11(15)7-9)12(17)6-8-2-1-5-16-13(8)18/h3-4,7-8H,1-2,5-6H2,(H,16,18)/t8-/m1/s1. The fourth-order valence-electron chi connectivity index (χ4n) is 2.08. The Balaban J connectivity index is 2.09. The zero-order valence-corrected chi connectivity index (χ0v) is 9.71. The first kappa shape index (κ1) is 12.7. The zero-order valence-electron chi connectivity index (χ0n) is 9.71. The second-order valence-electron chi connectivity index (χ2n) is 4.38. The monoisotopic (exact) mass is 253 g/mol. The number of carbonyl (C=O) groups is 2. The molecule has 0 aliphatic carbocycles. The summed E-state index contributed by atoms with van der Waals surface area (Å²) in [5.41, 5.74) is -0.158. The van der Waals surface area contributed by atoms with E-state index in [0.29, 0.717) is 19.0 Å². The number of hydrogen-bond donors (Lipinski definition) is 1. The van der Waals surface area contributed by atoms with Crippen molar-refractivity contribution in [3.63, 3.8) is 0 Å². The molecule has 1 aliphatic heterocycles. The highest BCUT2D eigenvalue weighted by atomic mass is 19.1. The summed E-state index contributed by atoms with van der Waals surface area (Å²) in [6.45, 7) is 0.619. The van der Waals surface area contributed by atoms with Gasteiger partial charge in [-0.3, -0.25) is 9.59 Å². The lowest BCUT2D eigenvalue weighted by Gasteiger charge is -2.21. The zero-order chi connectivity index (χ0) is 13.1. The van der Waals surface area contributed by atoms with Crippen LogP contribution in [0.1, 0.15) is 29.6 Å². The Bertz CT molecular complexity index is 488. The molecular formula is C13H13F2NO2. The van der Waals surface area contributed by atoms with E-state index in [2.05, 4.69) is 5.32 Å². The van der Waals surface area contributed by atoms with E-state index in [1.54, 1.807) is 0 Å². The van der Waals surface area contributed by atoms with Gasteiger partial charge in [-0.25, -0.2) is 8.78 Å². The molecule has 0 unspecified atom stereocenters. The molecule has 96 valence electrons. The maximum absolute atomic E-state index is 13.4. The summed E-state index contributed by atoms with van der Waals surface area (Å²) < 4.78 is 26.1. The van der Waals surface area contributed by atoms with Crippen LogP contribution < -0.4 is 5.32 Å². The van der Waals surface area contributed by atoms with Crippen molar-refractivity contribution in [2.75, 3.05) is 6.54 Å². The number of nitrogens with one attached hydrogen (secondary N) is 1. The van der Waals surface area contributed by atoms with Gasteiger partial charge in [0.15, 0.2) is 5.78 Å². The van der Waals surface area contributed by atoms with E-state index in [0.717, 1.165) is 18.6 Å². The fraction of sp³-hybridized carbons (Fsp3) is 0.385. The van der Waals surface area contributed by atoms with Crippen molar-refractivity contribution in [3.8, 4) is 0 Å². The Morgan fingerprint density at radius 1 is 1.39 bits per heavy atom. The minimum atomic E-state index is -0.879. The molecule has 1 heterocycles. The molecule has 0 saturated carbocycles. The van der Waals surface area contributed by atoms with Gasteiger partial charge in [0.05, 0.1) is 5.56 Å². The van der Waals surface area contributed by atoms with Crippen LogP contribution in [0, 0.1) is 17.6 Å². The molecule has 1 N–H and O–H groups in total. The Morgan fingerprint density at radius 2 is 2.17 bits per heavy atom. The van der Waals surface area contributed by atoms with Crippen LogP contribution >= 0.6 is 0 Å². The van der Waals surface area contributed by atoms with E-state index in [-0.39, 0.29) is 17.9 Å². The van der Waals surface area contributed by atoms with Crippen LogP contribution in [0.4, 0.5) is 8.78 Å². The minimum absolute atomic E-state index is 0.0333. The van der Waals surface area contributed by atoms with Crippen LogP contribution in [0.15, 0.2) is 18.2 Å². The molecule has 1 amide bonds. The summed E-state index contributed by atoms with van der Waals surface area (Å²) in [5.74, 6) is -2.64. The van der Waals surface area contributed by atoms with Gasteiger partial charge in [-0.05, 0) is 25.0 Å². The summed E-state index contributed by atoms with van der Waals surface area (Å²) in [6.07, 6.45) is 1.41. The van der Waals surface area contributed by atoms with Gasteiger partial charge in [0.25, 0.3) is 0 Å². The maximum Gasteiger partial charge on any atom is 0.223 e. The number of Topliss-reactive ketones (excluding diaryl/α,β-unsaturated/α-hetero) is 1. The SMILES string of the molecule is O=C(C[C@H]1CCCNC1=O)c1ccc(F)cc1F. The molecule has 0 bridgehead atoms. The number of halogens is 2. The van der Waals surface area contributed by atoms with Crippen molar-refractivity contribution in [2.24, 2.45) is 5.92 Å². The third-order valence-corrected chi connectivity index (χ3v) is 3.06. The predicted octanol–water partition coefficient (Wildman–Crippen LogP) is 2.06. The van der Waals surface area contributed by atoms with Gasteiger partial charge in [0.1, 0.15) is 11.6 Å². The first-order valence-corrected chi connectivity index (χ1v) is 5.84. The highest BCUT2D eigenvalue weighted by Crippen LogP contribution is 2.20. The van der Waals surface area contributed by atoms with Gasteiger partial charge >= 0.3 is 0 Å². The predicted molar refractivity (Wildman–Crippen MR) is 61.0 cm³/mol. The minimum Gasteiger partial charge on any atom is -0.356 e. The molecule has 1 aromatic rings. The molecule has 0 spiro atoms. The van der Waals surface area contributed by atoms with Crippen molar-refractivity contribution in [3.05, 3.63) is 35.4 Å². The number of carbonyl (C=O) groups excluding carboxylic acids is 2. The summed E-state index contributed by atoms with van der Waals surface area (Å²) in [4.78, 5) is 23.3. The fourth-order valence-corrected chi connectivity index (χ4v) is 2.08. The summed E-state index contributed by atoms with van der Waals surface area (Å²) in [5, 5.41) is 2.67. The van der Waals surface area contributed by atoms with Gasteiger partial charge in [0, 0.05) is 24.9 Å². The molecule has 1 atom stereocenters. The normalized spacial score (nSPS) is 19.4. The molecule has 1 fully saturated rings. The van der Waals surface area contributed by atoms with Gasteiger partial charge < -0.3 is 5.32 Å². The highest BCUT2D eigenvalue weighted by molar-refractivity contribution is 5.98. The average molecular weight is 253 g/mol. The van der Waals surface area contributed by atoms with Gasteiger partial charge in [0.2, 0.25) is 5.91 Å². The van der Waals surface area contributed by atoms with E-state index >= 15 is 0 Å². The molecular weight excluding hydrogens is 240 g/mol. The van der Waals surface area contributed by atoms with E-state index in [1.807, 2.05) is 0 Å². The summed E-state index contributed by atoms with van der Waals surface area (Å²) in [7, 11) is 0. The van der Waals surface area contributed by atoms with Crippen molar-refractivity contribution >= 4 is 11.7 Å². The number of hydrogen-bond acceptors (Lipinski definition) is 2. The largest absolute Gasteiger partial charge is 0.356 e. The molecule has 0 radical (unpaired) electrons. The van der Waals surface area contributed by atoms with Crippen molar-refractivity contribution in [2.45, 2.75) is 19.3 Å². The van der Waals surface area contributed by atoms with Crippen LogP contribution in [0.2, 0.25) is 0 Å². The number of benzene rings is 1. The lowest BCUT2D eigenvalue weighted by Crippen LogP contribution is -2.37. The lowest BCUT2D eigenvalue weighted by molar-refractivity contribution is -0.126. The molecule has 2 rings (SSSR count). The molecule has 1 aromatic carbocycles. The number of rotatable bonds is 3. The van der Waals surface area contributed by atoms with Crippen LogP contribution in [0.25, 0.3) is 0 Å². The molecule has 1 saturated heterocycles. The second-order valence-corrected chi connectivity index (χ2v) is 4.38. The van der Waals surface area contributed by atoms with Gasteiger partial charge in [-0.2, -0.15) is 0 Å². The topological polar surface area (TPSA) is 46.2 Å². The first-order valence-electron chi connectivity index (χ1n) is 5.84. The van der Waals surface area contributed by atoms with E-state index in [4.69, 9.17) is 0 Å². The lowest BCUT2D eigenvalue weighted by atomic mass is 9.91. The first-order chi connectivity index (χ1) is 8.58. The van der Waals surface area contributed by atoms with Crippen LogP contribution in [-0.2, 0) is 4.79 Å². The van der Waals surface area contributed by atoms with Crippen LogP contribution in [0.3, 0.4) is 0 Å². The molecule has 5 heteroatoms. The Labute approximate surface area is 103 Å². The molecule has 3 nitrogen and oxygen atoms in total. The van der Waals surface area contributed by atoms with E-state index in [1.165, 1.54) is 0 Å². The summed E-state index contributed by atoms with van der Waals surface area (Å²) in [6, 6.07) is 2.83. The number of piperidine rings is 1. The summed E-state index contributed by atoms with van der Waals surface area (Å²) >= 11 is 0. The van der Waals surface area contributed by atoms with Crippen molar-refractivity contribution < 1.29 is 18.4 Å². The van der Waals surface area contributed by atoms with Crippen LogP contribution in [-0.4, -0.2) is 18.2 Å². The smallest absolute Gasteiger partial charge is 0.223 e. The highest BCUT2D eigenvalue weighted by Gasteiger charge is 2.26. The second kappa shape index (κ2) is 5.25. The Morgan fingerprint density at radius 3 is 2.83 bits per heavy atom. The van der Waals surface area contributed by atoms with E-state index in [9.17, 15) is 18.4 Å². The number of amides is 1. The maximum atomic E-state index is 13.4.